The third-order valence-corrected chi connectivity index (χ3v) is 8.95. The summed E-state index contributed by atoms with van der Waals surface area (Å²) >= 11 is 0. The van der Waals surface area contributed by atoms with E-state index in [1.807, 2.05) is 59.3 Å². The Morgan fingerprint density at radius 2 is 1.55 bits per heavy atom. The molecule has 5 heterocycles. The predicted molar refractivity (Wildman–Crippen MR) is 151 cm³/mol. The molecule has 3 aliphatic heterocycles. The van der Waals surface area contributed by atoms with Crippen molar-refractivity contribution in [3.05, 3.63) is 60.9 Å². The molecule has 3 atom stereocenters. The minimum atomic E-state index is -0.764. The average molecular weight is 540 g/mol. The second kappa shape index (κ2) is 10.1. The van der Waals surface area contributed by atoms with E-state index in [-0.39, 0.29) is 18.1 Å². The number of benzene rings is 2. The van der Waals surface area contributed by atoms with Gasteiger partial charge in [0.2, 0.25) is 0 Å². The first-order chi connectivity index (χ1) is 19.6. The number of piperidine rings is 2. The van der Waals surface area contributed by atoms with Gasteiger partial charge in [0.1, 0.15) is 29.3 Å². The van der Waals surface area contributed by atoms with Gasteiger partial charge < -0.3 is 20.5 Å². The monoisotopic (exact) mass is 539 g/mol. The van der Waals surface area contributed by atoms with Crippen LogP contribution in [-0.4, -0.2) is 72.0 Å². The molecule has 3 saturated heterocycles. The molecule has 1 amide bonds. The van der Waals surface area contributed by atoms with Crippen molar-refractivity contribution in [3.63, 3.8) is 0 Å². The van der Waals surface area contributed by atoms with Gasteiger partial charge in [0, 0.05) is 30.7 Å². The SMILES string of the molecule is Nc1ncnc2c1c(-c1ccc(Oc3ccccc3)cc1)nn2C1CCN(C2CCC3CCC2N3C(=O)O)CC1. The van der Waals surface area contributed by atoms with Crippen molar-refractivity contribution in [2.45, 2.75) is 62.7 Å². The molecular formula is C30H33N7O3. The van der Waals surface area contributed by atoms with E-state index in [1.54, 1.807) is 4.90 Å². The highest BCUT2D eigenvalue weighted by molar-refractivity contribution is 5.98. The highest BCUT2D eigenvalue weighted by atomic mass is 16.5. The van der Waals surface area contributed by atoms with Crippen LogP contribution in [0.2, 0.25) is 0 Å². The van der Waals surface area contributed by atoms with Gasteiger partial charge in [-0.1, -0.05) is 18.2 Å². The number of hydrogen-bond acceptors (Lipinski definition) is 7. The summed E-state index contributed by atoms with van der Waals surface area (Å²) in [4.78, 5) is 25.0. The molecule has 0 spiro atoms. The third-order valence-electron chi connectivity index (χ3n) is 8.95. The molecule has 0 aliphatic carbocycles. The van der Waals surface area contributed by atoms with Crippen LogP contribution in [0.5, 0.6) is 11.5 Å². The highest BCUT2D eigenvalue weighted by Gasteiger charge is 2.47. The number of ether oxygens (including phenoxy) is 1. The topological polar surface area (TPSA) is 123 Å². The number of fused-ring (bicyclic) bond motifs is 3. The number of rotatable bonds is 5. The lowest BCUT2D eigenvalue weighted by Crippen LogP contribution is -2.57. The molecule has 206 valence electrons. The highest BCUT2D eigenvalue weighted by Crippen LogP contribution is 2.40. The Morgan fingerprint density at radius 1 is 0.850 bits per heavy atom. The van der Waals surface area contributed by atoms with E-state index in [0.29, 0.717) is 11.9 Å². The van der Waals surface area contributed by atoms with Crippen molar-refractivity contribution in [3.8, 4) is 22.8 Å². The van der Waals surface area contributed by atoms with E-state index >= 15 is 0 Å². The first-order valence-electron chi connectivity index (χ1n) is 14.1. The average Bonchev–Trinajstić information content (AvgIpc) is 3.52. The number of likely N-dealkylation sites (tertiary alicyclic amines) is 1. The second-order valence-electron chi connectivity index (χ2n) is 11.1. The van der Waals surface area contributed by atoms with Crippen LogP contribution in [0, 0.1) is 0 Å². The Morgan fingerprint density at radius 3 is 2.27 bits per heavy atom. The summed E-state index contributed by atoms with van der Waals surface area (Å²) in [5.41, 5.74) is 8.81. The molecule has 0 saturated carbocycles. The fourth-order valence-corrected chi connectivity index (χ4v) is 7.07. The van der Waals surface area contributed by atoms with E-state index in [4.69, 9.17) is 15.6 Å². The van der Waals surface area contributed by atoms with E-state index < -0.39 is 6.09 Å². The Bertz CT molecular complexity index is 1520. The first kappa shape index (κ1) is 24.8. The van der Waals surface area contributed by atoms with Crippen LogP contribution in [0.3, 0.4) is 0 Å². The van der Waals surface area contributed by atoms with Crippen LogP contribution < -0.4 is 10.5 Å². The van der Waals surface area contributed by atoms with Gasteiger partial charge in [0.15, 0.2) is 5.65 Å². The Hall–Kier alpha value is -4.18. The summed E-state index contributed by atoms with van der Waals surface area (Å²) in [7, 11) is 0. The van der Waals surface area contributed by atoms with Crippen molar-refractivity contribution in [2.75, 3.05) is 18.8 Å². The maximum Gasteiger partial charge on any atom is 0.407 e. The van der Waals surface area contributed by atoms with E-state index in [9.17, 15) is 9.90 Å². The maximum atomic E-state index is 11.9. The van der Waals surface area contributed by atoms with Crippen LogP contribution in [0.15, 0.2) is 60.9 Å². The zero-order valence-corrected chi connectivity index (χ0v) is 22.3. The quantitative estimate of drug-likeness (QED) is 0.356. The summed E-state index contributed by atoms with van der Waals surface area (Å²) < 4.78 is 8.00. The number of hydrogen-bond donors (Lipinski definition) is 2. The van der Waals surface area contributed by atoms with Crippen LogP contribution in [0.25, 0.3) is 22.3 Å². The second-order valence-corrected chi connectivity index (χ2v) is 11.1. The number of nitrogen functional groups attached to an aromatic ring is 1. The fraction of sp³-hybridized carbons (Fsp3) is 0.400. The Labute approximate surface area is 232 Å². The molecule has 2 aromatic heterocycles. The van der Waals surface area contributed by atoms with Crippen molar-refractivity contribution in [2.24, 2.45) is 0 Å². The Balaban J connectivity index is 1.12. The molecule has 3 N–H and O–H groups in total. The molecule has 40 heavy (non-hydrogen) atoms. The van der Waals surface area contributed by atoms with Gasteiger partial charge in [0.05, 0.1) is 17.5 Å². The lowest BCUT2D eigenvalue weighted by molar-refractivity contribution is 0.0274. The molecular weight excluding hydrogens is 506 g/mol. The van der Waals surface area contributed by atoms with E-state index in [2.05, 4.69) is 14.9 Å². The normalized spacial score (nSPS) is 23.5. The molecule has 3 fully saturated rings. The lowest BCUT2D eigenvalue weighted by atomic mass is 9.93. The minimum absolute atomic E-state index is 0.117. The molecule has 3 aliphatic rings. The molecule has 2 aromatic carbocycles. The van der Waals surface area contributed by atoms with Crippen molar-refractivity contribution in [1.29, 1.82) is 0 Å². The van der Waals surface area contributed by atoms with Crippen LogP contribution in [0.1, 0.15) is 44.6 Å². The smallest absolute Gasteiger partial charge is 0.407 e. The van der Waals surface area contributed by atoms with Gasteiger partial charge in [-0.15, -0.1) is 0 Å². The van der Waals surface area contributed by atoms with Crippen molar-refractivity contribution in [1.82, 2.24) is 29.5 Å². The van der Waals surface area contributed by atoms with Gasteiger partial charge in [-0.05, 0) is 74.9 Å². The maximum absolute atomic E-state index is 11.9. The third kappa shape index (κ3) is 4.32. The standard InChI is InChI=1S/C30H33N7O3/c31-28-26-27(19-6-10-23(11-7-19)40-22-4-2-1-3-5-22)34-37(29(26)33-18-32-28)21-14-16-35(17-15-21)24-12-8-20-9-13-25(24)36(20)30(38)39/h1-7,10-11,18,20-21,24-25H,8-9,12-17H2,(H,38,39)(H2,31,32,33). The van der Waals surface area contributed by atoms with Crippen molar-refractivity contribution >= 4 is 22.9 Å². The van der Waals surface area contributed by atoms with Crippen LogP contribution in [-0.2, 0) is 0 Å². The van der Waals surface area contributed by atoms with Gasteiger partial charge >= 0.3 is 6.09 Å². The molecule has 10 nitrogen and oxygen atoms in total. The van der Waals surface area contributed by atoms with E-state index in [1.165, 1.54) is 6.33 Å². The summed E-state index contributed by atoms with van der Waals surface area (Å²) in [6.07, 6.45) is 6.59. The molecule has 7 rings (SSSR count). The zero-order chi connectivity index (χ0) is 27.2. The number of amides is 1. The number of anilines is 1. The summed E-state index contributed by atoms with van der Waals surface area (Å²) in [6, 6.07) is 18.3. The van der Waals surface area contributed by atoms with Crippen LogP contribution >= 0.6 is 0 Å². The number of carboxylic acid groups (broad SMARTS) is 1. The molecule has 3 unspecified atom stereocenters. The predicted octanol–water partition coefficient (Wildman–Crippen LogP) is 5.18. The number of para-hydroxylation sites is 1. The van der Waals surface area contributed by atoms with Gasteiger partial charge in [-0.25, -0.2) is 19.4 Å². The minimum Gasteiger partial charge on any atom is -0.465 e. The molecule has 10 heteroatoms. The van der Waals surface area contributed by atoms with Crippen molar-refractivity contribution < 1.29 is 14.6 Å². The first-order valence-corrected chi connectivity index (χ1v) is 14.1. The number of carbonyl (C=O) groups is 1. The summed E-state index contributed by atoms with van der Waals surface area (Å²) in [6.45, 7) is 1.82. The zero-order valence-electron chi connectivity index (χ0n) is 22.3. The number of nitrogens with zero attached hydrogens (tertiary/aromatic N) is 6. The van der Waals surface area contributed by atoms with Gasteiger partial charge in [0.25, 0.3) is 0 Å². The number of nitrogens with two attached hydrogens (primary N) is 1. The Kier molecular flexibility index (Phi) is 6.27. The lowest BCUT2D eigenvalue weighted by Gasteiger charge is -2.46. The molecule has 4 aromatic rings. The summed E-state index contributed by atoms with van der Waals surface area (Å²) in [5, 5.41) is 15.6. The number of aromatic nitrogens is 4. The molecule has 0 radical (unpaired) electrons. The van der Waals surface area contributed by atoms with E-state index in [0.717, 1.165) is 85.4 Å². The molecule has 2 bridgehead atoms. The van der Waals surface area contributed by atoms with Gasteiger partial charge in [-0.2, -0.15) is 5.10 Å². The fourth-order valence-electron chi connectivity index (χ4n) is 7.07. The van der Waals surface area contributed by atoms with Crippen LogP contribution in [0.4, 0.5) is 10.6 Å². The largest absolute Gasteiger partial charge is 0.465 e. The summed E-state index contributed by atoms with van der Waals surface area (Å²) in [5.74, 6) is 1.94. The van der Waals surface area contributed by atoms with Gasteiger partial charge in [-0.3, -0.25) is 4.90 Å².